The molecule has 6 nitrogen and oxygen atoms in total. The lowest BCUT2D eigenvalue weighted by Crippen LogP contribution is -1.97. The van der Waals surface area contributed by atoms with Crippen LogP contribution < -0.4 is 0 Å². The number of furan rings is 3. The van der Waals surface area contributed by atoms with Gasteiger partial charge >= 0.3 is 0 Å². The van der Waals surface area contributed by atoms with Crippen LogP contribution in [0.1, 0.15) is 9.60 Å². The quantitative estimate of drug-likeness (QED) is 0.109. The summed E-state index contributed by atoms with van der Waals surface area (Å²) in [7, 11) is 0. The average Bonchev–Trinajstić information content (AvgIpc) is 1.60. The molecule has 29 rings (SSSR count). The lowest BCUT2D eigenvalue weighted by Gasteiger charge is -2.15. The fourth-order valence-electron chi connectivity index (χ4n) is 21.6. The second-order valence-electron chi connectivity index (χ2n) is 36.6. The number of rotatable bonds is 14. The third kappa shape index (κ3) is 14.9. The average molecular weight is 1840 g/mol. The van der Waals surface area contributed by atoms with E-state index in [2.05, 4.69) is 444 Å². The molecule has 6 heteroatoms. The van der Waals surface area contributed by atoms with Gasteiger partial charge < -0.3 is 27.0 Å². The fraction of sp³-hybridized carbons (Fsp3) is 0. The Morgan fingerprint density at radius 1 is 0.153 bits per heavy atom. The van der Waals surface area contributed by atoms with Gasteiger partial charge in [-0.1, -0.05) is 394 Å². The molecule has 674 valence electrons. The van der Waals surface area contributed by atoms with Crippen LogP contribution >= 0.6 is 0 Å². The predicted octanol–water partition coefficient (Wildman–Crippen LogP) is 38.4. The minimum Gasteiger partial charge on any atom is -0.456 e. The summed E-state index contributed by atoms with van der Waals surface area (Å²) in [6.07, 6.45) is 0. The van der Waals surface area contributed by atoms with Crippen LogP contribution in [0.25, 0.3) is 271 Å². The van der Waals surface area contributed by atoms with Crippen LogP contribution in [0.4, 0.5) is 0 Å². The summed E-state index contributed by atoms with van der Waals surface area (Å²) in [4.78, 5) is 0. The first-order valence-electron chi connectivity index (χ1n) is 52.1. The normalized spacial score (nSPS) is 12.3. The molecule has 0 saturated heterocycles. The highest BCUT2D eigenvalue weighted by Crippen LogP contribution is 2.48. The lowest BCUT2D eigenvalue weighted by molar-refractivity contribution is 0.668. The molecule has 0 aliphatic heterocycles. The summed E-state index contributed by atoms with van der Waals surface area (Å²) in [5.41, 5.74) is 37.2. The molecule has 0 bridgehead atoms. The number of aromatic nitrogens is 3. The Balaban J connectivity index is 0.000000111. The molecule has 0 N–H and O–H groups in total. The number of hydrogen-bond donors (Lipinski definition) is 0. The molecule has 29 aromatic rings. The van der Waals surface area contributed by atoms with Crippen LogP contribution in [0.2, 0.25) is 0 Å². The summed E-state index contributed by atoms with van der Waals surface area (Å²) in [5, 5.41) is 11.9. The predicted molar refractivity (Wildman–Crippen MR) is 604 cm³/mol. The first-order chi connectivity index (χ1) is 74.3. The van der Waals surface area contributed by atoms with Crippen molar-refractivity contribution >= 4 is 131 Å². The van der Waals surface area contributed by atoms with Crippen molar-refractivity contribution in [1.82, 2.24) is 13.7 Å². The number of fused-ring (bicyclic) bond motifs is 18. The maximum absolute atomic E-state index is 9.28. The number of benzene rings is 23. The largest absolute Gasteiger partial charge is 0.456 e. The van der Waals surface area contributed by atoms with Crippen LogP contribution in [0, 0.1) is 0 Å². The van der Waals surface area contributed by atoms with E-state index in [-0.39, 0.29) is 57.7 Å². The molecule has 144 heavy (non-hydrogen) atoms. The van der Waals surface area contributed by atoms with E-state index in [1.807, 2.05) is 60.7 Å². The van der Waals surface area contributed by atoms with E-state index in [4.69, 9.17) is 21.5 Å². The van der Waals surface area contributed by atoms with Gasteiger partial charge in [0.1, 0.15) is 33.5 Å². The molecular weight excluding hydrogens is 1750 g/mol. The van der Waals surface area contributed by atoms with Gasteiger partial charge in [-0.3, -0.25) is 0 Å². The highest BCUT2D eigenvalue weighted by atomic mass is 16.3. The maximum atomic E-state index is 9.28. The molecule has 23 aromatic carbocycles. The molecule has 6 aromatic heterocycles. The summed E-state index contributed by atoms with van der Waals surface area (Å²) in [6, 6.07) is 174. The zero-order chi connectivity index (χ0) is 101. The second-order valence-corrected chi connectivity index (χ2v) is 36.6. The van der Waals surface area contributed by atoms with E-state index in [0.29, 0.717) is 5.56 Å². The molecule has 0 spiro atoms. The lowest BCUT2D eigenvalue weighted by atomic mass is 9.92. The minimum absolute atomic E-state index is 0.0408. The Hall–Kier alpha value is -19.1. The number of hydrogen-bond acceptors (Lipinski definition) is 3. The van der Waals surface area contributed by atoms with Crippen LogP contribution in [0.3, 0.4) is 0 Å². The Morgan fingerprint density at radius 3 is 0.917 bits per heavy atom. The van der Waals surface area contributed by atoms with Gasteiger partial charge in [0.05, 0.1) is 59.8 Å². The van der Waals surface area contributed by atoms with Crippen LogP contribution in [0.5, 0.6) is 0 Å². The van der Waals surface area contributed by atoms with Gasteiger partial charge in [-0.15, -0.1) is 0 Å². The maximum Gasteiger partial charge on any atom is 0.143 e. The number of nitrogens with zero attached hydrogens (tertiary/aromatic N) is 3. The van der Waals surface area contributed by atoms with E-state index in [1.54, 1.807) is 6.07 Å². The van der Waals surface area contributed by atoms with Crippen molar-refractivity contribution < 1.29 is 22.8 Å². The Morgan fingerprint density at radius 2 is 0.458 bits per heavy atom. The standard InChI is InChI=1S/2C48H31NO.C42H27NO/c1-3-14-32(15-4-1)34-26-29-45-42(31-34)40-21-8-11-24-44(40)49(45)43-23-10-7-20-37(43)35-18-13-19-36(30-35)38-27-28-39(33-16-5-2-6-17-33)48-47(38)41-22-9-12-25-46(41)50-48;1-3-12-32(13-4-1)35-22-25-46-41(29-35)40-19-8-10-21-45(40)49(46)44-20-9-7-18-39(44)38-17-11-16-34(28-38)37-24-27-48-43(31-37)42-30-36(23-26-47(42)50-48)33-14-5-2-6-15-33;1-2-11-28(12-3-1)30-21-23-40-36(26-30)34-16-5-8-19-39(34)43(40)38-18-7-4-15-33(38)32-14-10-13-29(25-32)31-22-24-42-37(27-31)35-17-6-9-20-41(35)44-42/h2*1-31H;1-27H/i;;6D,9D,17D,20D,22D,24D,27D. The molecule has 0 aliphatic carbocycles. The molecule has 0 fully saturated rings. The first-order valence-corrected chi connectivity index (χ1v) is 48.6. The molecule has 0 saturated carbocycles. The second kappa shape index (κ2) is 35.7. The molecule has 6 heterocycles. The summed E-state index contributed by atoms with van der Waals surface area (Å²) < 4.78 is 86.2. The molecular formula is C138H89N3O3. The van der Waals surface area contributed by atoms with Crippen molar-refractivity contribution in [2.75, 3.05) is 0 Å². The zero-order valence-electron chi connectivity index (χ0n) is 84.9. The van der Waals surface area contributed by atoms with Crippen molar-refractivity contribution in [1.29, 1.82) is 0 Å². The topological polar surface area (TPSA) is 54.2 Å². The van der Waals surface area contributed by atoms with Crippen LogP contribution in [-0.2, 0) is 0 Å². The third-order valence-corrected chi connectivity index (χ3v) is 28.3. The van der Waals surface area contributed by atoms with E-state index in [0.717, 1.165) is 138 Å². The van der Waals surface area contributed by atoms with Gasteiger partial charge in [0, 0.05) is 86.9 Å². The van der Waals surface area contributed by atoms with Crippen molar-refractivity contribution in [3.63, 3.8) is 0 Å². The van der Waals surface area contributed by atoms with Gasteiger partial charge in [0.2, 0.25) is 0 Å². The van der Waals surface area contributed by atoms with Crippen LogP contribution in [-0.4, -0.2) is 13.7 Å². The summed E-state index contributed by atoms with van der Waals surface area (Å²) >= 11 is 0. The highest BCUT2D eigenvalue weighted by Gasteiger charge is 2.25. The van der Waals surface area contributed by atoms with Gasteiger partial charge in [-0.2, -0.15) is 0 Å². The Bertz CT molecular complexity index is 10500. The Kier molecular flexibility index (Phi) is 19.1. The monoisotopic (exact) mass is 1840 g/mol. The Labute approximate surface area is 841 Å². The smallest absolute Gasteiger partial charge is 0.143 e. The highest BCUT2D eigenvalue weighted by molar-refractivity contribution is 6.19. The molecule has 0 radical (unpaired) electrons. The van der Waals surface area contributed by atoms with Crippen molar-refractivity contribution in [3.05, 3.63) is 540 Å². The summed E-state index contributed by atoms with van der Waals surface area (Å²) in [6.45, 7) is 0. The minimum atomic E-state index is -0.456. The fourth-order valence-corrected chi connectivity index (χ4v) is 21.6. The van der Waals surface area contributed by atoms with E-state index in [9.17, 15) is 1.37 Å². The van der Waals surface area contributed by atoms with E-state index in [1.165, 1.54) is 99.2 Å². The molecule has 0 aliphatic rings. The third-order valence-electron chi connectivity index (χ3n) is 28.3. The first kappa shape index (κ1) is 76.9. The van der Waals surface area contributed by atoms with E-state index >= 15 is 0 Å². The van der Waals surface area contributed by atoms with Crippen molar-refractivity contribution in [2.45, 2.75) is 0 Å². The molecule has 0 amide bonds. The zero-order valence-corrected chi connectivity index (χ0v) is 77.9. The van der Waals surface area contributed by atoms with Gasteiger partial charge in [-0.25, -0.2) is 0 Å². The van der Waals surface area contributed by atoms with Gasteiger partial charge in [0.15, 0.2) is 0 Å². The SMILES string of the molecule is [2H]c1c([2H])c([2H])c2c(oc3c([2H])c([2H])c(-c4cccc(-c5ccccc5-n5c6ccccc6c6cc(-c7ccccc7)ccc65)c4)c([2H])c32)c1[2H].c1ccc(-c2ccc3c(c2)c2ccccc2n3-c2ccccc2-c2cccc(-c3ccc(-c4ccccc4)c4oc5ccccc5c34)c2)cc1.c1ccc(-c2ccc3oc4ccc(-c5cccc(-c6ccccc6-n6c7ccccc7c7cc(-c8ccccc8)ccc76)c5)cc4c3c2)cc1. The van der Waals surface area contributed by atoms with Crippen molar-refractivity contribution in [2.24, 2.45) is 0 Å². The number of para-hydroxylation sites is 8. The summed E-state index contributed by atoms with van der Waals surface area (Å²) in [5.74, 6) is 0. The van der Waals surface area contributed by atoms with Crippen molar-refractivity contribution in [3.8, 4) is 139 Å². The van der Waals surface area contributed by atoms with Gasteiger partial charge in [0.25, 0.3) is 0 Å². The molecule has 0 unspecified atom stereocenters. The van der Waals surface area contributed by atoms with E-state index < -0.39 is 12.1 Å². The molecule has 0 atom stereocenters. The van der Waals surface area contributed by atoms with Gasteiger partial charge in [-0.05, 0) is 246 Å². The van der Waals surface area contributed by atoms with Crippen LogP contribution in [0.15, 0.2) is 553 Å².